The fraction of sp³-hybridized carbons (Fsp3) is 0.278. The molecule has 1 aliphatic rings. The smallest absolute Gasteiger partial charge is 0.255 e. The molecule has 1 fully saturated rings. The number of methoxy groups -OCH3 is 2. The molecule has 2 aromatic rings. The van der Waals surface area contributed by atoms with Gasteiger partial charge in [-0.15, -0.1) is 11.8 Å². The van der Waals surface area contributed by atoms with Crippen LogP contribution in [0.15, 0.2) is 42.5 Å². The maximum Gasteiger partial charge on any atom is 0.255 e. The first-order chi connectivity index (χ1) is 11.6. The lowest BCUT2D eigenvalue weighted by molar-refractivity contribution is 0.0759. The first kappa shape index (κ1) is 17.0. The topological polar surface area (TPSA) is 38.8 Å². The summed E-state index contributed by atoms with van der Waals surface area (Å²) in [6.45, 7) is 0.690. The quantitative estimate of drug-likeness (QED) is 0.814. The molecular formula is C18H18ClNO3S. The van der Waals surface area contributed by atoms with Crippen LogP contribution in [0.25, 0.3) is 0 Å². The normalized spacial score (nSPS) is 17.0. The lowest BCUT2D eigenvalue weighted by atomic mass is 10.1. The summed E-state index contributed by atoms with van der Waals surface area (Å²) < 4.78 is 10.7. The summed E-state index contributed by atoms with van der Waals surface area (Å²) >= 11 is 7.75. The third kappa shape index (κ3) is 3.32. The van der Waals surface area contributed by atoms with Crippen molar-refractivity contribution in [3.63, 3.8) is 0 Å². The molecule has 1 amide bonds. The van der Waals surface area contributed by atoms with Gasteiger partial charge in [0.1, 0.15) is 16.9 Å². The van der Waals surface area contributed by atoms with E-state index in [2.05, 4.69) is 0 Å². The standard InChI is InChI=1S/C18H18ClNO3S/c1-22-14-6-7-15(16(11-14)23-2)18-20(8-9-24-18)17(21)12-4-3-5-13(19)10-12/h3-7,10-11,18H,8-9H2,1-2H3. The fourth-order valence-corrected chi connectivity index (χ4v) is 4.22. The van der Waals surface area contributed by atoms with Crippen LogP contribution in [-0.2, 0) is 0 Å². The first-order valence-corrected chi connectivity index (χ1v) is 8.97. The minimum absolute atomic E-state index is 0.0228. The Bertz CT molecular complexity index is 753. The van der Waals surface area contributed by atoms with Crippen molar-refractivity contribution in [1.29, 1.82) is 0 Å². The Kier molecular flexibility index (Phi) is 5.21. The lowest BCUT2D eigenvalue weighted by Gasteiger charge is -2.25. The molecule has 0 spiro atoms. The summed E-state index contributed by atoms with van der Waals surface area (Å²) in [6.07, 6.45) is 0. The Labute approximate surface area is 150 Å². The fourth-order valence-electron chi connectivity index (χ4n) is 2.75. The number of nitrogens with zero attached hydrogens (tertiary/aromatic N) is 1. The highest BCUT2D eigenvalue weighted by Crippen LogP contribution is 2.43. The third-order valence-corrected chi connectivity index (χ3v) is 5.41. The van der Waals surface area contributed by atoms with Crippen LogP contribution in [0, 0.1) is 0 Å². The maximum absolute atomic E-state index is 12.9. The van der Waals surface area contributed by atoms with E-state index < -0.39 is 0 Å². The highest BCUT2D eigenvalue weighted by atomic mass is 35.5. The minimum Gasteiger partial charge on any atom is -0.497 e. The Morgan fingerprint density at radius 3 is 2.75 bits per heavy atom. The molecule has 1 heterocycles. The van der Waals surface area contributed by atoms with Crippen LogP contribution in [0.4, 0.5) is 0 Å². The van der Waals surface area contributed by atoms with E-state index in [1.165, 1.54) is 0 Å². The monoisotopic (exact) mass is 363 g/mol. The molecule has 6 heteroatoms. The molecule has 1 atom stereocenters. The Morgan fingerprint density at radius 2 is 2.04 bits per heavy atom. The largest absolute Gasteiger partial charge is 0.497 e. The molecule has 3 rings (SSSR count). The van der Waals surface area contributed by atoms with Gasteiger partial charge in [-0.1, -0.05) is 17.7 Å². The van der Waals surface area contributed by atoms with E-state index >= 15 is 0 Å². The number of rotatable bonds is 4. The van der Waals surface area contributed by atoms with Crippen molar-refractivity contribution >= 4 is 29.3 Å². The Morgan fingerprint density at radius 1 is 1.21 bits per heavy atom. The van der Waals surface area contributed by atoms with Gasteiger partial charge in [-0.2, -0.15) is 0 Å². The van der Waals surface area contributed by atoms with Crippen molar-refractivity contribution in [2.24, 2.45) is 0 Å². The van der Waals surface area contributed by atoms with E-state index in [0.717, 1.165) is 22.8 Å². The van der Waals surface area contributed by atoms with Gasteiger partial charge < -0.3 is 14.4 Å². The SMILES string of the molecule is COc1ccc(C2SCCN2C(=O)c2cccc(Cl)c2)c(OC)c1. The van der Waals surface area contributed by atoms with Gasteiger partial charge in [0.15, 0.2) is 0 Å². The summed E-state index contributed by atoms with van der Waals surface area (Å²) in [7, 11) is 3.24. The van der Waals surface area contributed by atoms with E-state index in [4.69, 9.17) is 21.1 Å². The van der Waals surface area contributed by atoms with Crippen molar-refractivity contribution < 1.29 is 14.3 Å². The van der Waals surface area contributed by atoms with Gasteiger partial charge in [-0.3, -0.25) is 4.79 Å². The number of amides is 1. The summed E-state index contributed by atoms with van der Waals surface area (Å²) in [5, 5.41) is 0.476. The number of hydrogen-bond donors (Lipinski definition) is 0. The van der Waals surface area contributed by atoms with E-state index in [1.807, 2.05) is 23.1 Å². The lowest BCUT2D eigenvalue weighted by Crippen LogP contribution is -2.30. The predicted octanol–water partition coefficient (Wildman–Crippen LogP) is 4.25. The van der Waals surface area contributed by atoms with E-state index in [-0.39, 0.29) is 11.3 Å². The second-order valence-corrected chi connectivity index (χ2v) is 6.96. The van der Waals surface area contributed by atoms with Gasteiger partial charge >= 0.3 is 0 Å². The molecule has 24 heavy (non-hydrogen) atoms. The van der Waals surface area contributed by atoms with Crippen molar-refractivity contribution in [2.75, 3.05) is 26.5 Å². The van der Waals surface area contributed by atoms with Crippen LogP contribution < -0.4 is 9.47 Å². The second kappa shape index (κ2) is 7.36. The summed E-state index contributed by atoms with van der Waals surface area (Å²) in [6, 6.07) is 12.7. The minimum atomic E-state index is -0.0858. The van der Waals surface area contributed by atoms with Gasteiger partial charge in [-0.05, 0) is 30.3 Å². The summed E-state index contributed by atoms with van der Waals surface area (Å²) in [4.78, 5) is 14.8. The Hall–Kier alpha value is -1.85. The zero-order chi connectivity index (χ0) is 17.1. The Balaban J connectivity index is 1.92. The van der Waals surface area contributed by atoms with Crippen molar-refractivity contribution in [3.8, 4) is 11.5 Å². The number of carbonyl (C=O) groups excluding carboxylic acids is 1. The average molecular weight is 364 g/mol. The first-order valence-electron chi connectivity index (χ1n) is 7.54. The van der Waals surface area contributed by atoms with Crippen LogP contribution in [0.3, 0.4) is 0 Å². The highest BCUT2D eigenvalue weighted by molar-refractivity contribution is 7.99. The molecule has 0 N–H and O–H groups in total. The third-order valence-electron chi connectivity index (χ3n) is 3.93. The van der Waals surface area contributed by atoms with Gasteiger partial charge in [0.2, 0.25) is 0 Å². The molecule has 0 radical (unpaired) electrons. The van der Waals surface area contributed by atoms with Crippen LogP contribution in [0.5, 0.6) is 11.5 Å². The van der Waals surface area contributed by atoms with E-state index in [0.29, 0.717) is 17.1 Å². The molecule has 2 aromatic carbocycles. The number of thioether (sulfide) groups is 1. The predicted molar refractivity (Wildman–Crippen MR) is 97.2 cm³/mol. The van der Waals surface area contributed by atoms with E-state index in [1.54, 1.807) is 50.2 Å². The van der Waals surface area contributed by atoms with Gasteiger partial charge in [-0.25, -0.2) is 0 Å². The molecule has 1 unspecified atom stereocenters. The molecular weight excluding hydrogens is 346 g/mol. The van der Waals surface area contributed by atoms with Crippen LogP contribution in [0.2, 0.25) is 5.02 Å². The molecule has 0 saturated carbocycles. The molecule has 1 aliphatic heterocycles. The van der Waals surface area contributed by atoms with Crippen molar-refractivity contribution in [3.05, 3.63) is 58.6 Å². The average Bonchev–Trinajstić information content (AvgIpc) is 3.09. The summed E-state index contributed by atoms with van der Waals surface area (Å²) in [5.41, 5.74) is 1.57. The number of carbonyl (C=O) groups is 1. The maximum atomic E-state index is 12.9. The molecule has 126 valence electrons. The molecule has 1 saturated heterocycles. The number of ether oxygens (including phenoxy) is 2. The second-order valence-electron chi connectivity index (χ2n) is 5.34. The zero-order valence-corrected chi connectivity index (χ0v) is 15.1. The van der Waals surface area contributed by atoms with Gasteiger partial charge in [0.05, 0.1) is 14.2 Å². The molecule has 4 nitrogen and oxygen atoms in total. The number of halogens is 1. The number of benzene rings is 2. The molecule has 0 aromatic heterocycles. The van der Waals surface area contributed by atoms with Gasteiger partial charge in [0, 0.05) is 34.5 Å². The molecule has 0 bridgehead atoms. The van der Waals surface area contributed by atoms with E-state index in [9.17, 15) is 4.79 Å². The highest BCUT2D eigenvalue weighted by Gasteiger charge is 2.33. The van der Waals surface area contributed by atoms with Crippen LogP contribution >= 0.6 is 23.4 Å². The summed E-state index contributed by atoms with van der Waals surface area (Å²) in [5.74, 6) is 2.31. The molecule has 0 aliphatic carbocycles. The van der Waals surface area contributed by atoms with Crippen molar-refractivity contribution in [1.82, 2.24) is 4.90 Å². The van der Waals surface area contributed by atoms with Crippen molar-refractivity contribution in [2.45, 2.75) is 5.37 Å². The van der Waals surface area contributed by atoms with Crippen LogP contribution in [0.1, 0.15) is 21.3 Å². The number of hydrogen-bond acceptors (Lipinski definition) is 4. The van der Waals surface area contributed by atoms with Crippen LogP contribution in [-0.4, -0.2) is 37.3 Å². The zero-order valence-electron chi connectivity index (χ0n) is 13.5. The van der Waals surface area contributed by atoms with Gasteiger partial charge in [0.25, 0.3) is 5.91 Å².